The molecule has 1 aromatic carbocycles. The van der Waals surface area contributed by atoms with Crippen molar-refractivity contribution in [2.75, 3.05) is 13.2 Å². The average Bonchev–Trinajstić information content (AvgIpc) is 3.41. The molecular weight excluding hydrogens is 400 g/mol. The van der Waals surface area contributed by atoms with Crippen molar-refractivity contribution >= 4 is 17.4 Å². The highest BCUT2D eigenvalue weighted by molar-refractivity contribution is 6.46. The second-order valence-electron chi connectivity index (χ2n) is 7.15. The van der Waals surface area contributed by atoms with Gasteiger partial charge in [-0.3, -0.25) is 14.6 Å². The van der Waals surface area contributed by atoms with Crippen molar-refractivity contribution in [1.82, 2.24) is 9.88 Å². The summed E-state index contributed by atoms with van der Waals surface area (Å²) in [5, 5.41) is 11.1. The molecular formula is C23H18N2O6. The molecule has 156 valence electrons. The smallest absolute Gasteiger partial charge is 0.296 e. The molecule has 0 radical (unpaired) electrons. The van der Waals surface area contributed by atoms with E-state index in [0.29, 0.717) is 41.6 Å². The molecule has 1 unspecified atom stereocenters. The second kappa shape index (κ2) is 7.64. The molecule has 8 heteroatoms. The Morgan fingerprint density at radius 1 is 1.06 bits per heavy atom. The fraction of sp³-hybridized carbons (Fsp3) is 0.174. The van der Waals surface area contributed by atoms with Crippen LogP contribution in [0.15, 0.2) is 71.1 Å². The van der Waals surface area contributed by atoms with Crippen molar-refractivity contribution in [3.63, 3.8) is 0 Å². The highest BCUT2D eigenvalue weighted by Gasteiger charge is 2.46. The number of ether oxygens (including phenoxy) is 2. The van der Waals surface area contributed by atoms with Crippen molar-refractivity contribution in [1.29, 1.82) is 0 Å². The normalized spacial score (nSPS) is 19.6. The largest absolute Gasteiger partial charge is 0.507 e. The molecule has 8 nitrogen and oxygen atoms in total. The zero-order valence-corrected chi connectivity index (χ0v) is 16.4. The van der Waals surface area contributed by atoms with Crippen LogP contribution in [-0.2, 0) is 16.1 Å². The third kappa shape index (κ3) is 3.31. The summed E-state index contributed by atoms with van der Waals surface area (Å²) in [7, 11) is 0. The number of hydrogen-bond acceptors (Lipinski definition) is 7. The summed E-state index contributed by atoms with van der Waals surface area (Å²) >= 11 is 0. The number of hydrogen-bond donors (Lipinski definition) is 1. The molecule has 1 amide bonds. The molecule has 1 N–H and O–H groups in total. The zero-order chi connectivity index (χ0) is 21.4. The maximum absolute atomic E-state index is 13.0. The number of aliphatic hydroxyl groups is 1. The van der Waals surface area contributed by atoms with E-state index in [2.05, 4.69) is 4.98 Å². The number of fused-ring (bicyclic) bond motifs is 1. The number of aromatic nitrogens is 1. The van der Waals surface area contributed by atoms with Crippen LogP contribution in [0.1, 0.15) is 22.9 Å². The summed E-state index contributed by atoms with van der Waals surface area (Å²) in [6.45, 7) is 0.919. The molecule has 1 atom stereocenters. The van der Waals surface area contributed by atoms with E-state index >= 15 is 0 Å². The van der Waals surface area contributed by atoms with Crippen LogP contribution in [0.2, 0.25) is 0 Å². The quantitative estimate of drug-likeness (QED) is 0.395. The topological polar surface area (TPSA) is 102 Å². The fourth-order valence-electron chi connectivity index (χ4n) is 3.85. The first-order valence-electron chi connectivity index (χ1n) is 9.74. The van der Waals surface area contributed by atoms with Crippen molar-refractivity contribution in [2.45, 2.75) is 12.6 Å². The molecule has 3 aromatic rings. The average molecular weight is 418 g/mol. The minimum atomic E-state index is -0.790. The molecule has 1 saturated heterocycles. The van der Waals surface area contributed by atoms with Crippen LogP contribution >= 0.6 is 0 Å². The maximum atomic E-state index is 13.0. The molecule has 0 aliphatic carbocycles. The van der Waals surface area contributed by atoms with E-state index < -0.39 is 17.7 Å². The van der Waals surface area contributed by atoms with E-state index in [9.17, 15) is 14.7 Å². The first-order chi connectivity index (χ1) is 15.1. The van der Waals surface area contributed by atoms with Crippen LogP contribution in [0.4, 0.5) is 0 Å². The van der Waals surface area contributed by atoms with E-state index in [1.165, 1.54) is 11.2 Å². The first kappa shape index (κ1) is 18.9. The number of likely N-dealkylation sites (tertiary alicyclic amines) is 1. The zero-order valence-electron chi connectivity index (χ0n) is 16.4. The minimum absolute atomic E-state index is 0.000524. The van der Waals surface area contributed by atoms with Crippen molar-refractivity contribution < 1.29 is 28.6 Å². The fourth-order valence-corrected chi connectivity index (χ4v) is 3.85. The van der Waals surface area contributed by atoms with Gasteiger partial charge in [0, 0.05) is 18.0 Å². The van der Waals surface area contributed by atoms with Crippen molar-refractivity contribution in [2.24, 2.45) is 0 Å². The van der Waals surface area contributed by atoms with Crippen LogP contribution in [0, 0.1) is 0 Å². The van der Waals surface area contributed by atoms with Crippen LogP contribution in [0.3, 0.4) is 0 Å². The monoisotopic (exact) mass is 418 g/mol. The molecule has 0 bridgehead atoms. The van der Waals surface area contributed by atoms with E-state index in [-0.39, 0.29) is 17.9 Å². The van der Waals surface area contributed by atoms with Gasteiger partial charge in [-0.05, 0) is 48.0 Å². The minimum Gasteiger partial charge on any atom is -0.507 e. The van der Waals surface area contributed by atoms with Gasteiger partial charge in [0.1, 0.15) is 24.7 Å². The lowest BCUT2D eigenvalue weighted by Crippen LogP contribution is -2.29. The third-order valence-corrected chi connectivity index (χ3v) is 5.28. The van der Waals surface area contributed by atoms with E-state index in [1.54, 1.807) is 54.9 Å². The molecule has 2 aliphatic heterocycles. The molecule has 31 heavy (non-hydrogen) atoms. The van der Waals surface area contributed by atoms with Crippen LogP contribution in [-0.4, -0.2) is 39.9 Å². The molecule has 2 aromatic heterocycles. The van der Waals surface area contributed by atoms with Gasteiger partial charge in [-0.25, -0.2) is 0 Å². The van der Waals surface area contributed by atoms with Gasteiger partial charge in [-0.1, -0.05) is 0 Å². The van der Waals surface area contributed by atoms with Crippen molar-refractivity contribution in [3.05, 3.63) is 83.6 Å². The third-order valence-electron chi connectivity index (χ3n) is 5.28. The predicted octanol–water partition coefficient (Wildman–Crippen LogP) is 3.07. The van der Waals surface area contributed by atoms with Crippen LogP contribution in [0.25, 0.3) is 5.76 Å². The van der Waals surface area contributed by atoms with Gasteiger partial charge in [0.2, 0.25) is 0 Å². The number of aliphatic hydroxyl groups excluding tert-OH is 1. The Labute approximate surface area is 177 Å². The summed E-state index contributed by atoms with van der Waals surface area (Å²) < 4.78 is 16.5. The number of furan rings is 1. The van der Waals surface area contributed by atoms with Gasteiger partial charge in [0.15, 0.2) is 11.5 Å². The lowest BCUT2D eigenvalue weighted by molar-refractivity contribution is -0.140. The second-order valence-corrected chi connectivity index (χ2v) is 7.15. The van der Waals surface area contributed by atoms with E-state index in [4.69, 9.17) is 13.9 Å². The number of amides is 1. The molecule has 2 aliphatic rings. The highest BCUT2D eigenvalue weighted by Crippen LogP contribution is 2.41. The van der Waals surface area contributed by atoms with Crippen LogP contribution < -0.4 is 9.47 Å². The predicted molar refractivity (Wildman–Crippen MR) is 108 cm³/mol. The molecule has 1 fully saturated rings. The number of carbonyl (C=O) groups excluding carboxylic acids is 2. The summed E-state index contributed by atoms with van der Waals surface area (Å²) in [6.07, 6.45) is 4.65. The molecule has 5 rings (SSSR count). The Balaban J connectivity index is 1.63. The number of ketones is 1. The number of pyridine rings is 1. The Morgan fingerprint density at radius 2 is 1.84 bits per heavy atom. The van der Waals surface area contributed by atoms with Crippen LogP contribution in [0.5, 0.6) is 11.5 Å². The summed E-state index contributed by atoms with van der Waals surface area (Å²) in [6, 6.07) is 11.0. The maximum Gasteiger partial charge on any atom is 0.296 e. The van der Waals surface area contributed by atoms with Gasteiger partial charge >= 0.3 is 0 Å². The summed E-state index contributed by atoms with van der Waals surface area (Å²) in [4.78, 5) is 31.3. The first-order valence-corrected chi connectivity index (χ1v) is 9.74. The Hall–Kier alpha value is -4.07. The Bertz CT molecular complexity index is 1170. The number of carbonyl (C=O) groups is 2. The Morgan fingerprint density at radius 3 is 2.58 bits per heavy atom. The van der Waals surface area contributed by atoms with E-state index in [1.807, 2.05) is 0 Å². The molecule has 0 saturated carbocycles. The number of benzene rings is 1. The van der Waals surface area contributed by atoms with Crippen molar-refractivity contribution in [3.8, 4) is 11.5 Å². The van der Waals surface area contributed by atoms with E-state index in [0.717, 1.165) is 0 Å². The van der Waals surface area contributed by atoms with Gasteiger partial charge in [-0.2, -0.15) is 0 Å². The molecule has 4 heterocycles. The number of nitrogens with zero attached hydrogens (tertiary/aromatic N) is 2. The Kier molecular flexibility index (Phi) is 4.66. The summed E-state index contributed by atoms with van der Waals surface area (Å²) in [5.41, 5.74) is 1.01. The van der Waals surface area contributed by atoms with Gasteiger partial charge in [0.25, 0.3) is 11.7 Å². The number of Topliss-reactive ketones (excluding diaryl/α,β-unsaturated/α-hetero) is 1. The van der Waals surface area contributed by atoms with Gasteiger partial charge in [0.05, 0.1) is 24.4 Å². The number of rotatable bonds is 4. The lowest BCUT2D eigenvalue weighted by Gasteiger charge is -2.24. The standard InChI is InChI=1S/C23H18N2O6/c26-21(15-3-4-17-18(12-15)31-11-10-30-17)19-20(14-5-7-24-8-6-14)25(23(28)22(19)27)13-16-2-1-9-29-16/h1-9,12,20,26H,10-11,13H2/b21-19-. The molecule has 0 spiro atoms. The highest BCUT2D eigenvalue weighted by atomic mass is 16.6. The summed E-state index contributed by atoms with van der Waals surface area (Å²) in [5.74, 6) is -0.190. The lowest BCUT2D eigenvalue weighted by atomic mass is 9.95. The van der Waals surface area contributed by atoms with Gasteiger partial charge in [-0.15, -0.1) is 0 Å². The SMILES string of the molecule is O=C1C(=O)N(Cc2ccco2)C(c2ccncc2)/C1=C(/O)c1ccc2c(c1)OCCO2. The van der Waals surface area contributed by atoms with Gasteiger partial charge < -0.3 is 23.9 Å².